The Morgan fingerprint density at radius 3 is 2.82 bits per heavy atom. The van der Waals surface area contributed by atoms with Gasteiger partial charge in [0.2, 0.25) is 5.95 Å². The van der Waals surface area contributed by atoms with Crippen LogP contribution in [-0.4, -0.2) is 37.2 Å². The van der Waals surface area contributed by atoms with Crippen molar-refractivity contribution in [2.45, 2.75) is 12.8 Å². The number of H-pyrrole nitrogens is 2. The zero-order chi connectivity index (χ0) is 19.7. The molecule has 3 heterocycles. The Balaban J connectivity index is 1.68. The molecule has 0 amide bonds. The number of aromatic nitrogens is 6. The molecule has 28 heavy (non-hydrogen) atoms. The predicted molar refractivity (Wildman–Crippen MR) is 102 cm³/mol. The number of hydrogen-bond donors (Lipinski definition) is 4. The number of aromatic amines is 2. The van der Waals surface area contributed by atoms with Crippen molar-refractivity contribution in [3.8, 4) is 0 Å². The molecule has 0 aliphatic rings. The van der Waals surface area contributed by atoms with Gasteiger partial charge in [-0.3, -0.25) is 5.10 Å². The number of halogens is 3. The summed E-state index contributed by atoms with van der Waals surface area (Å²) >= 11 is 6.49. The smallest absolute Gasteiger partial charge is 0.279 e. The van der Waals surface area contributed by atoms with Crippen LogP contribution in [0.15, 0.2) is 30.7 Å². The van der Waals surface area contributed by atoms with Gasteiger partial charge in [-0.25, -0.2) is 18.7 Å². The summed E-state index contributed by atoms with van der Waals surface area (Å²) < 4.78 is 25.6. The summed E-state index contributed by atoms with van der Waals surface area (Å²) in [7, 11) is 1.69. The van der Waals surface area contributed by atoms with Gasteiger partial charge in [0.15, 0.2) is 5.82 Å². The zero-order valence-electron chi connectivity index (χ0n) is 14.6. The second kappa shape index (κ2) is 7.39. The average Bonchev–Trinajstić information content (AvgIpc) is 3.35. The molecule has 0 spiro atoms. The van der Waals surface area contributed by atoms with Crippen LogP contribution in [0.3, 0.4) is 0 Å². The highest BCUT2D eigenvalue weighted by molar-refractivity contribution is 6.35. The molecule has 0 aliphatic carbocycles. The Morgan fingerprint density at radius 2 is 2.07 bits per heavy atom. The Bertz CT molecular complexity index is 1120. The van der Waals surface area contributed by atoms with Gasteiger partial charge in [-0.2, -0.15) is 10.1 Å². The number of nitrogens with one attached hydrogen (secondary N) is 4. The SMILES string of the molecule is CNc1ncc(Cc2ccc3[nH]cnc3c2Cl)c(Nc2cc(C(F)F)[nH]n2)n1. The number of imidazole rings is 1. The van der Waals surface area contributed by atoms with Crippen molar-refractivity contribution in [1.82, 2.24) is 30.1 Å². The number of fused-ring (bicyclic) bond motifs is 1. The molecule has 0 atom stereocenters. The zero-order valence-corrected chi connectivity index (χ0v) is 15.3. The summed E-state index contributed by atoms with van der Waals surface area (Å²) in [5.41, 5.74) is 2.79. The van der Waals surface area contributed by atoms with Gasteiger partial charge in [-0.1, -0.05) is 17.7 Å². The molecule has 144 valence electrons. The van der Waals surface area contributed by atoms with E-state index in [1.807, 2.05) is 12.1 Å². The quantitative estimate of drug-likeness (QED) is 0.386. The van der Waals surface area contributed by atoms with Crippen LogP contribution in [0.2, 0.25) is 5.02 Å². The number of hydrogen-bond acceptors (Lipinski definition) is 6. The van der Waals surface area contributed by atoms with Crippen LogP contribution in [0.25, 0.3) is 11.0 Å². The minimum Gasteiger partial charge on any atom is -0.357 e. The third-order valence-electron chi connectivity index (χ3n) is 4.16. The van der Waals surface area contributed by atoms with Crippen LogP contribution in [-0.2, 0) is 6.42 Å². The molecule has 0 bridgehead atoms. The van der Waals surface area contributed by atoms with E-state index in [1.165, 1.54) is 6.07 Å². The van der Waals surface area contributed by atoms with Crippen molar-refractivity contribution in [1.29, 1.82) is 0 Å². The summed E-state index contributed by atoms with van der Waals surface area (Å²) in [6.45, 7) is 0. The molecule has 4 rings (SSSR count). The van der Waals surface area contributed by atoms with E-state index in [0.29, 0.717) is 28.7 Å². The highest BCUT2D eigenvalue weighted by atomic mass is 35.5. The molecule has 0 fully saturated rings. The molecule has 8 nitrogen and oxygen atoms in total. The van der Waals surface area contributed by atoms with E-state index in [4.69, 9.17) is 11.6 Å². The van der Waals surface area contributed by atoms with Crippen molar-refractivity contribution < 1.29 is 8.78 Å². The van der Waals surface area contributed by atoms with Crippen LogP contribution in [0.1, 0.15) is 23.2 Å². The van der Waals surface area contributed by atoms with Crippen LogP contribution in [0.4, 0.5) is 26.4 Å². The Labute approximate surface area is 162 Å². The van der Waals surface area contributed by atoms with Crippen molar-refractivity contribution in [2.75, 3.05) is 17.7 Å². The van der Waals surface area contributed by atoms with Crippen LogP contribution in [0, 0.1) is 0 Å². The highest BCUT2D eigenvalue weighted by Gasteiger charge is 2.15. The summed E-state index contributed by atoms with van der Waals surface area (Å²) in [5, 5.41) is 12.5. The van der Waals surface area contributed by atoms with Gasteiger partial charge in [-0.05, 0) is 11.6 Å². The lowest BCUT2D eigenvalue weighted by molar-refractivity contribution is 0.146. The van der Waals surface area contributed by atoms with Crippen LogP contribution >= 0.6 is 11.6 Å². The molecule has 4 N–H and O–H groups in total. The van der Waals surface area contributed by atoms with Crippen molar-refractivity contribution in [2.24, 2.45) is 0 Å². The van der Waals surface area contributed by atoms with Gasteiger partial charge in [-0.15, -0.1) is 0 Å². The summed E-state index contributed by atoms with van der Waals surface area (Å²) in [6, 6.07) is 5.02. The largest absolute Gasteiger partial charge is 0.357 e. The van der Waals surface area contributed by atoms with Crippen molar-refractivity contribution >= 4 is 40.2 Å². The van der Waals surface area contributed by atoms with Crippen LogP contribution < -0.4 is 10.6 Å². The minimum atomic E-state index is -2.64. The number of anilines is 3. The van der Waals surface area contributed by atoms with Crippen molar-refractivity contribution in [3.05, 3.63) is 52.6 Å². The van der Waals surface area contributed by atoms with Gasteiger partial charge in [0.25, 0.3) is 6.43 Å². The average molecular weight is 405 g/mol. The van der Waals surface area contributed by atoms with E-state index in [1.54, 1.807) is 19.6 Å². The number of alkyl halides is 2. The number of nitrogens with zero attached hydrogens (tertiary/aromatic N) is 4. The standard InChI is InChI=1S/C17H15ClF2N8/c1-21-17-22-6-9(4-8-2-3-10-14(13(8)18)24-7-23-10)16(26-17)25-12-5-11(15(19)20)27-28-12/h2-3,5-7,15H,4H2,1H3,(H,23,24)(H3,21,22,25,26,27,28). The van der Waals surface area contributed by atoms with Gasteiger partial charge >= 0.3 is 0 Å². The van der Waals surface area contributed by atoms with Crippen LogP contribution in [0.5, 0.6) is 0 Å². The molecule has 0 saturated carbocycles. The fourth-order valence-electron chi connectivity index (χ4n) is 2.76. The lowest BCUT2D eigenvalue weighted by Crippen LogP contribution is -2.05. The third-order valence-corrected chi connectivity index (χ3v) is 4.58. The molecular formula is C17H15ClF2N8. The normalized spacial score (nSPS) is 11.3. The van der Waals surface area contributed by atoms with Gasteiger partial charge in [0, 0.05) is 31.3 Å². The van der Waals surface area contributed by atoms with E-state index in [-0.39, 0.29) is 11.5 Å². The second-order valence-electron chi connectivity index (χ2n) is 5.97. The molecule has 11 heteroatoms. The predicted octanol–water partition coefficient (Wildman–Crippen LogP) is 4.04. The Kier molecular flexibility index (Phi) is 4.78. The molecule has 3 aromatic heterocycles. The lowest BCUT2D eigenvalue weighted by atomic mass is 10.1. The van der Waals surface area contributed by atoms with Gasteiger partial charge < -0.3 is 15.6 Å². The number of rotatable bonds is 6. The van der Waals surface area contributed by atoms with Crippen molar-refractivity contribution in [3.63, 3.8) is 0 Å². The lowest BCUT2D eigenvalue weighted by Gasteiger charge is -2.12. The highest BCUT2D eigenvalue weighted by Crippen LogP contribution is 2.29. The Hall–Kier alpha value is -3.27. The van der Waals surface area contributed by atoms with E-state index in [9.17, 15) is 8.78 Å². The molecule has 0 aliphatic heterocycles. The fourth-order valence-corrected chi connectivity index (χ4v) is 3.04. The molecule has 1 aromatic carbocycles. The summed E-state index contributed by atoms with van der Waals surface area (Å²) in [6.07, 6.45) is 1.00. The molecule has 4 aromatic rings. The maximum atomic E-state index is 12.8. The number of benzene rings is 1. The first kappa shape index (κ1) is 18.1. The first-order valence-electron chi connectivity index (χ1n) is 8.29. The topological polar surface area (TPSA) is 107 Å². The van der Waals surface area contributed by atoms with Gasteiger partial charge in [0.1, 0.15) is 17.0 Å². The molecule has 0 radical (unpaired) electrons. The van der Waals surface area contributed by atoms with E-state index < -0.39 is 6.43 Å². The maximum absolute atomic E-state index is 12.8. The van der Waals surface area contributed by atoms with E-state index >= 15 is 0 Å². The first-order valence-corrected chi connectivity index (χ1v) is 8.67. The molecule has 0 saturated heterocycles. The van der Waals surface area contributed by atoms with E-state index in [2.05, 4.69) is 40.8 Å². The molecular weight excluding hydrogens is 390 g/mol. The first-order chi connectivity index (χ1) is 13.5. The summed E-state index contributed by atoms with van der Waals surface area (Å²) in [4.78, 5) is 15.9. The fraction of sp³-hybridized carbons (Fsp3) is 0.176. The van der Waals surface area contributed by atoms with Gasteiger partial charge in [0.05, 0.1) is 16.9 Å². The monoisotopic (exact) mass is 404 g/mol. The third kappa shape index (κ3) is 3.46. The second-order valence-corrected chi connectivity index (χ2v) is 6.34. The maximum Gasteiger partial charge on any atom is 0.279 e. The Morgan fingerprint density at radius 1 is 1.21 bits per heavy atom. The van der Waals surface area contributed by atoms with E-state index in [0.717, 1.165) is 16.6 Å². The molecule has 0 unspecified atom stereocenters. The summed E-state index contributed by atoms with van der Waals surface area (Å²) in [5.74, 6) is 1.04. The minimum absolute atomic E-state index is 0.228.